The average molecular weight is 253 g/mol. The first-order valence-electron chi connectivity index (χ1n) is 4.49. The van der Waals surface area contributed by atoms with Crippen LogP contribution in [-0.4, -0.2) is 5.60 Å². The van der Waals surface area contributed by atoms with Gasteiger partial charge in [-0.25, -0.2) is 0 Å². The Hall–Kier alpha value is -0.960. The quantitative estimate of drug-likeness (QED) is 0.707. The summed E-state index contributed by atoms with van der Waals surface area (Å²) in [5.41, 5.74) is 0.740. The lowest BCUT2D eigenvalue weighted by Crippen LogP contribution is -2.28. The molecule has 14 heavy (non-hydrogen) atoms. The van der Waals surface area contributed by atoms with Crippen LogP contribution < -0.4 is 4.74 Å². The maximum Gasteiger partial charge on any atom is 0.190 e. The Morgan fingerprint density at radius 2 is 2.07 bits per heavy atom. The molecule has 0 saturated heterocycles. The molecule has 2 nitrogen and oxygen atoms in total. The molecule has 0 saturated carbocycles. The lowest BCUT2D eigenvalue weighted by molar-refractivity contribution is 0.129. The van der Waals surface area contributed by atoms with Crippen LogP contribution in [0.25, 0.3) is 5.76 Å². The molecule has 0 N–H and O–H groups in total. The van der Waals surface area contributed by atoms with Gasteiger partial charge in [0.05, 0.1) is 5.56 Å². The summed E-state index contributed by atoms with van der Waals surface area (Å²) in [6, 6.07) is 5.96. The molecule has 0 amide bonds. The number of rotatable bonds is 0. The second-order valence-electron chi connectivity index (χ2n) is 4.01. The maximum atomic E-state index is 5.82. The first kappa shape index (κ1) is 8.36. The van der Waals surface area contributed by atoms with Crippen molar-refractivity contribution in [1.82, 2.24) is 0 Å². The van der Waals surface area contributed by atoms with Gasteiger partial charge >= 0.3 is 0 Å². The van der Waals surface area contributed by atoms with E-state index in [1.165, 1.54) is 0 Å². The molecule has 0 unspecified atom stereocenters. The Labute approximate surface area is 90.6 Å². The highest BCUT2D eigenvalue weighted by molar-refractivity contribution is 9.10. The van der Waals surface area contributed by atoms with Crippen molar-refractivity contribution in [2.24, 2.45) is 0 Å². The van der Waals surface area contributed by atoms with Crippen LogP contribution in [0.1, 0.15) is 19.4 Å². The van der Waals surface area contributed by atoms with E-state index in [-0.39, 0.29) is 5.60 Å². The predicted molar refractivity (Wildman–Crippen MR) is 56.9 cm³/mol. The number of fused-ring (bicyclic) bond motifs is 2. The Morgan fingerprint density at radius 3 is 2.86 bits per heavy atom. The molecule has 3 heteroatoms. The number of hydrogen-bond donors (Lipinski definition) is 0. The van der Waals surface area contributed by atoms with Crippen LogP contribution in [0.5, 0.6) is 5.75 Å². The molecule has 0 spiro atoms. The van der Waals surface area contributed by atoms with E-state index in [2.05, 4.69) is 15.9 Å². The van der Waals surface area contributed by atoms with Gasteiger partial charge in [0.15, 0.2) is 17.1 Å². The second kappa shape index (κ2) is 2.34. The normalized spacial score (nSPS) is 20.5. The highest BCUT2D eigenvalue weighted by atomic mass is 79.9. The van der Waals surface area contributed by atoms with Crippen LogP contribution in [0.4, 0.5) is 0 Å². The summed E-state index contributed by atoms with van der Waals surface area (Å²) >= 11 is 3.43. The Kier molecular flexibility index (Phi) is 1.40. The first-order chi connectivity index (χ1) is 6.58. The van der Waals surface area contributed by atoms with Gasteiger partial charge in [0.1, 0.15) is 5.75 Å². The van der Waals surface area contributed by atoms with Crippen LogP contribution >= 0.6 is 15.9 Å². The number of benzene rings is 1. The van der Waals surface area contributed by atoms with Crippen molar-refractivity contribution in [2.75, 3.05) is 0 Å². The van der Waals surface area contributed by atoms with Crippen LogP contribution in [0.15, 0.2) is 28.4 Å². The number of hydrogen-bond acceptors (Lipinski definition) is 2. The van der Waals surface area contributed by atoms with Crippen LogP contribution in [0.3, 0.4) is 0 Å². The fourth-order valence-electron chi connectivity index (χ4n) is 1.74. The summed E-state index contributed by atoms with van der Waals surface area (Å²) in [6.45, 7) is 4.03. The molecule has 1 aromatic carbocycles. The summed E-state index contributed by atoms with van der Waals surface area (Å²) in [4.78, 5) is 0. The average Bonchev–Trinajstić information content (AvgIpc) is 2.86. The van der Waals surface area contributed by atoms with Gasteiger partial charge in [-0.05, 0) is 32.0 Å². The molecule has 0 aliphatic carbocycles. The first-order valence-corrected chi connectivity index (χ1v) is 5.29. The largest absolute Gasteiger partial charge is 0.479 e. The summed E-state index contributed by atoms with van der Waals surface area (Å²) in [5, 5.41) is 0. The molecule has 0 radical (unpaired) electrons. The lowest BCUT2D eigenvalue weighted by Gasteiger charge is -2.23. The molecule has 1 aromatic rings. The fraction of sp³-hybridized carbons (Fsp3) is 0.273. The zero-order valence-electron chi connectivity index (χ0n) is 7.93. The smallest absolute Gasteiger partial charge is 0.190 e. The third-order valence-corrected chi connectivity index (χ3v) is 2.96. The Balaban J connectivity index is 2.19. The molecular formula is C11H9BrO2. The number of ether oxygens (including phenoxy) is 2. The van der Waals surface area contributed by atoms with Crippen molar-refractivity contribution in [1.29, 1.82) is 0 Å². The van der Waals surface area contributed by atoms with Gasteiger partial charge in [0.2, 0.25) is 0 Å². The minimum Gasteiger partial charge on any atom is -0.479 e. The van der Waals surface area contributed by atoms with E-state index in [9.17, 15) is 0 Å². The van der Waals surface area contributed by atoms with E-state index >= 15 is 0 Å². The Morgan fingerprint density at radius 1 is 1.29 bits per heavy atom. The molecule has 2 aliphatic rings. The monoisotopic (exact) mass is 252 g/mol. The van der Waals surface area contributed by atoms with Crippen molar-refractivity contribution in [3.63, 3.8) is 0 Å². The second-order valence-corrected chi connectivity index (χ2v) is 4.93. The van der Waals surface area contributed by atoms with Crippen molar-refractivity contribution in [3.8, 4) is 5.75 Å². The van der Waals surface area contributed by atoms with Gasteiger partial charge < -0.3 is 9.47 Å². The topological polar surface area (TPSA) is 21.8 Å². The molecule has 72 valence electrons. The van der Waals surface area contributed by atoms with E-state index in [1.807, 2.05) is 32.0 Å². The summed E-state index contributed by atoms with van der Waals surface area (Å²) < 4.78 is 12.3. The number of halogens is 1. The minimum atomic E-state index is -0.309. The van der Waals surface area contributed by atoms with Crippen molar-refractivity contribution in [3.05, 3.63) is 34.0 Å². The van der Waals surface area contributed by atoms with E-state index in [0.29, 0.717) is 0 Å². The highest BCUT2D eigenvalue weighted by Crippen LogP contribution is 2.52. The molecule has 3 rings (SSSR count). The molecule has 0 bridgehead atoms. The molecule has 0 aromatic heterocycles. The molecule has 0 fully saturated rings. The van der Waals surface area contributed by atoms with E-state index in [1.54, 1.807) is 0 Å². The third kappa shape index (κ3) is 1.02. The van der Waals surface area contributed by atoms with Crippen molar-refractivity contribution in [2.45, 2.75) is 19.4 Å². The SMILES string of the molecule is CC1(C)Oc2ccc(Br)cc2C2=C1O2. The molecule has 2 aliphatic heterocycles. The highest BCUT2D eigenvalue weighted by Gasteiger charge is 2.47. The minimum absolute atomic E-state index is 0.309. The summed E-state index contributed by atoms with van der Waals surface area (Å²) in [6.07, 6.45) is 0. The predicted octanol–water partition coefficient (Wildman–Crippen LogP) is 3.32. The summed E-state index contributed by atoms with van der Waals surface area (Å²) in [5.74, 6) is 2.84. The summed E-state index contributed by atoms with van der Waals surface area (Å²) in [7, 11) is 0. The van der Waals surface area contributed by atoms with Gasteiger partial charge in [0.25, 0.3) is 0 Å². The Bertz CT molecular complexity index is 460. The zero-order chi connectivity index (χ0) is 9.92. The van der Waals surface area contributed by atoms with E-state index in [0.717, 1.165) is 27.3 Å². The molecular weight excluding hydrogens is 244 g/mol. The third-order valence-electron chi connectivity index (χ3n) is 2.47. The van der Waals surface area contributed by atoms with Crippen LogP contribution in [0.2, 0.25) is 0 Å². The van der Waals surface area contributed by atoms with E-state index < -0.39 is 0 Å². The zero-order valence-corrected chi connectivity index (χ0v) is 9.51. The van der Waals surface area contributed by atoms with Gasteiger partial charge in [0, 0.05) is 4.47 Å². The van der Waals surface area contributed by atoms with Gasteiger partial charge in [-0.15, -0.1) is 0 Å². The molecule has 0 atom stereocenters. The molecule has 2 heterocycles. The fourth-order valence-corrected chi connectivity index (χ4v) is 2.10. The maximum absolute atomic E-state index is 5.82. The van der Waals surface area contributed by atoms with Gasteiger partial charge in [-0.3, -0.25) is 0 Å². The lowest BCUT2D eigenvalue weighted by atomic mass is 10.0. The van der Waals surface area contributed by atoms with E-state index in [4.69, 9.17) is 9.47 Å². The van der Waals surface area contributed by atoms with Crippen LogP contribution in [-0.2, 0) is 4.74 Å². The van der Waals surface area contributed by atoms with Gasteiger partial charge in [-0.2, -0.15) is 0 Å². The van der Waals surface area contributed by atoms with Crippen molar-refractivity contribution >= 4 is 21.7 Å². The van der Waals surface area contributed by atoms with Crippen molar-refractivity contribution < 1.29 is 9.47 Å². The van der Waals surface area contributed by atoms with Crippen LogP contribution in [0, 0.1) is 0 Å². The van der Waals surface area contributed by atoms with Gasteiger partial charge in [-0.1, -0.05) is 15.9 Å². The standard InChI is InChI=1S/C11H9BrO2/c1-11(2)10-9(13-10)7-5-6(12)3-4-8(7)14-11/h3-5H,1-2H3.